The molecule has 0 aliphatic carbocycles. The van der Waals surface area contributed by atoms with Gasteiger partial charge >= 0.3 is 0 Å². The molecule has 0 radical (unpaired) electrons. The lowest BCUT2D eigenvalue weighted by atomic mass is 9.94. The number of anilines is 12. The third-order valence-electron chi connectivity index (χ3n) is 15.2. The van der Waals surface area contributed by atoms with E-state index in [0.717, 1.165) is 101 Å². The van der Waals surface area contributed by atoms with E-state index in [2.05, 4.69) is 359 Å². The third kappa shape index (κ3) is 10.4. The predicted molar refractivity (Wildman–Crippen MR) is 351 cm³/mol. The highest BCUT2D eigenvalue weighted by atomic mass is 16.5. The largest absolute Gasteiger partial charge is 0.457 e. The first-order valence-corrected chi connectivity index (χ1v) is 28.3. The molecule has 14 aromatic carbocycles. The molecule has 0 spiro atoms. The van der Waals surface area contributed by atoms with Gasteiger partial charge in [-0.05, 0) is 166 Å². The fraction of sp³-hybridized carbons (Fsp3) is 0. The Hall–Kier alpha value is -11.3. The van der Waals surface area contributed by atoms with Crippen LogP contribution in [0.1, 0.15) is 0 Å². The standard InChI is InChI=1S/C78H56N4O2/c1-9-27-57(28-10-1)79(58-29-11-2-12-30-58)65-49-66(80(59-31-13-3-14-32-59)60-33-15-4-16-34-60)52-71(51-65)83-69-45-47-75-73-43-25-26-44-74(73)76-48-46-70(56-78(76)77(75)55-69)84-72-53-67(81(61-35-17-5-18-36-61)62-37-19-6-20-38-62)50-68(54-72)82(63-39-21-7-22-40-63)64-41-23-8-24-42-64/h1-56H. The number of fused-ring (bicyclic) bond motifs is 6. The van der Waals surface area contributed by atoms with Crippen molar-refractivity contribution in [3.05, 3.63) is 340 Å². The lowest BCUT2D eigenvalue weighted by molar-refractivity contribution is 0.483. The maximum absolute atomic E-state index is 7.22. The van der Waals surface area contributed by atoms with E-state index in [1.54, 1.807) is 0 Å². The van der Waals surface area contributed by atoms with Crippen molar-refractivity contribution in [3.8, 4) is 23.0 Å². The summed E-state index contributed by atoms with van der Waals surface area (Å²) in [5.74, 6) is 2.76. The lowest BCUT2D eigenvalue weighted by Gasteiger charge is -2.30. The van der Waals surface area contributed by atoms with Crippen LogP contribution in [0.25, 0.3) is 32.3 Å². The molecule has 0 aliphatic rings. The second-order valence-electron chi connectivity index (χ2n) is 20.6. The minimum atomic E-state index is 0.681. The summed E-state index contributed by atoms with van der Waals surface area (Å²) in [5, 5.41) is 6.63. The Morgan fingerprint density at radius 2 is 0.345 bits per heavy atom. The first kappa shape index (κ1) is 50.9. The second kappa shape index (κ2) is 23.0. The van der Waals surface area contributed by atoms with E-state index in [0.29, 0.717) is 23.0 Å². The molecule has 0 unspecified atom stereocenters. The molecule has 0 fully saturated rings. The minimum Gasteiger partial charge on any atom is -0.457 e. The van der Waals surface area contributed by atoms with Gasteiger partial charge in [0.2, 0.25) is 0 Å². The Labute approximate surface area is 489 Å². The fourth-order valence-corrected chi connectivity index (χ4v) is 11.5. The van der Waals surface area contributed by atoms with Crippen molar-refractivity contribution < 1.29 is 9.47 Å². The molecule has 0 atom stereocenters. The van der Waals surface area contributed by atoms with E-state index in [1.165, 1.54) is 0 Å². The Morgan fingerprint density at radius 3 is 0.571 bits per heavy atom. The second-order valence-corrected chi connectivity index (χ2v) is 20.6. The third-order valence-corrected chi connectivity index (χ3v) is 15.2. The highest BCUT2D eigenvalue weighted by Crippen LogP contribution is 2.47. The van der Waals surface area contributed by atoms with Crippen molar-refractivity contribution in [1.82, 2.24) is 0 Å². The summed E-state index contributed by atoms with van der Waals surface area (Å²) in [6.45, 7) is 0. The molecule has 0 amide bonds. The van der Waals surface area contributed by atoms with E-state index in [1.807, 2.05) is 0 Å². The summed E-state index contributed by atoms with van der Waals surface area (Å²) in [7, 11) is 0. The summed E-state index contributed by atoms with van der Waals surface area (Å²) >= 11 is 0. The molecule has 84 heavy (non-hydrogen) atoms. The highest BCUT2D eigenvalue weighted by molar-refractivity contribution is 6.25. The van der Waals surface area contributed by atoms with Crippen LogP contribution >= 0.6 is 0 Å². The van der Waals surface area contributed by atoms with E-state index in [-0.39, 0.29) is 0 Å². The van der Waals surface area contributed by atoms with Gasteiger partial charge in [0.05, 0.1) is 22.7 Å². The monoisotopic (exact) mass is 1080 g/mol. The molecule has 0 aliphatic heterocycles. The van der Waals surface area contributed by atoms with E-state index in [9.17, 15) is 0 Å². The van der Waals surface area contributed by atoms with Crippen LogP contribution in [0.2, 0.25) is 0 Å². The zero-order valence-corrected chi connectivity index (χ0v) is 45.9. The SMILES string of the molecule is c1ccc(N(c2ccccc2)c2cc(Oc3ccc4c5ccccc5c5ccc(Oc6cc(N(c7ccccc7)c7ccccc7)cc(N(c7ccccc7)c7ccccc7)c6)cc5c4c3)cc(N(c3ccccc3)c3ccccc3)c2)cc1. The molecule has 0 aromatic heterocycles. The normalized spacial score (nSPS) is 11.1. The number of benzene rings is 14. The molecule has 0 saturated carbocycles. The fourth-order valence-electron chi connectivity index (χ4n) is 11.5. The van der Waals surface area contributed by atoms with E-state index < -0.39 is 0 Å². The average molecular weight is 1080 g/mol. The molecule has 0 saturated heterocycles. The molecule has 14 rings (SSSR count). The number of ether oxygens (including phenoxy) is 2. The maximum atomic E-state index is 7.22. The zero-order valence-electron chi connectivity index (χ0n) is 45.9. The number of rotatable bonds is 16. The van der Waals surface area contributed by atoms with Crippen LogP contribution in [0.15, 0.2) is 340 Å². The molecular weight excluding hydrogens is 1020 g/mol. The number of nitrogens with zero attached hydrogens (tertiary/aromatic N) is 4. The summed E-state index contributed by atoms with van der Waals surface area (Å²) in [4.78, 5) is 9.14. The van der Waals surface area contributed by atoms with Gasteiger partial charge in [-0.25, -0.2) is 0 Å². The van der Waals surface area contributed by atoms with Crippen LogP contribution in [0.4, 0.5) is 68.2 Å². The Morgan fingerprint density at radius 1 is 0.143 bits per heavy atom. The van der Waals surface area contributed by atoms with Crippen LogP contribution in [-0.2, 0) is 0 Å². The van der Waals surface area contributed by atoms with Gasteiger partial charge in [-0.15, -0.1) is 0 Å². The van der Waals surface area contributed by atoms with Gasteiger partial charge in [0, 0.05) is 69.8 Å². The number of hydrogen-bond donors (Lipinski definition) is 0. The van der Waals surface area contributed by atoms with Crippen LogP contribution in [0.3, 0.4) is 0 Å². The van der Waals surface area contributed by atoms with Gasteiger partial charge in [-0.1, -0.05) is 182 Å². The molecule has 0 heterocycles. The van der Waals surface area contributed by atoms with Gasteiger partial charge in [0.25, 0.3) is 0 Å². The molecular formula is C78H56N4O2. The van der Waals surface area contributed by atoms with Gasteiger partial charge in [0.15, 0.2) is 0 Å². The van der Waals surface area contributed by atoms with Crippen LogP contribution < -0.4 is 29.1 Å². The summed E-state index contributed by atoms with van der Waals surface area (Å²) < 4.78 is 14.4. The molecule has 6 heteroatoms. The number of para-hydroxylation sites is 8. The van der Waals surface area contributed by atoms with Crippen molar-refractivity contribution in [2.24, 2.45) is 0 Å². The Balaban J connectivity index is 0.920. The summed E-state index contributed by atoms with van der Waals surface area (Å²) in [6, 6.07) is 119. The molecule has 0 N–H and O–H groups in total. The van der Waals surface area contributed by atoms with Crippen molar-refractivity contribution in [3.63, 3.8) is 0 Å². The predicted octanol–water partition coefficient (Wildman–Crippen LogP) is 22.6. The first-order valence-electron chi connectivity index (χ1n) is 28.3. The topological polar surface area (TPSA) is 31.4 Å². The molecule has 400 valence electrons. The summed E-state index contributed by atoms with van der Waals surface area (Å²) in [5.41, 5.74) is 12.0. The lowest BCUT2D eigenvalue weighted by Crippen LogP contribution is -2.13. The zero-order chi connectivity index (χ0) is 56.0. The first-order chi connectivity index (χ1) is 41.6. The van der Waals surface area contributed by atoms with Crippen LogP contribution in [0, 0.1) is 0 Å². The van der Waals surface area contributed by atoms with Gasteiger partial charge < -0.3 is 29.1 Å². The van der Waals surface area contributed by atoms with E-state index >= 15 is 0 Å². The Bertz CT molecular complexity index is 3880. The van der Waals surface area contributed by atoms with Crippen molar-refractivity contribution in [2.45, 2.75) is 0 Å². The molecule has 14 aromatic rings. The van der Waals surface area contributed by atoms with Crippen molar-refractivity contribution in [2.75, 3.05) is 19.6 Å². The van der Waals surface area contributed by atoms with Gasteiger partial charge in [0.1, 0.15) is 23.0 Å². The van der Waals surface area contributed by atoms with Crippen molar-refractivity contribution in [1.29, 1.82) is 0 Å². The maximum Gasteiger partial charge on any atom is 0.131 e. The van der Waals surface area contributed by atoms with Crippen LogP contribution in [-0.4, -0.2) is 0 Å². The van der Waals surface area contributed by atoms with Gasteiger partial charge in [-0.2, -0.15) is 0 Å². The van der Waals surface area contributed by atoms with Gasteiger partial charge in [-0.3, -0.25) is 0 Å². The highest BCUT2D eigenvalue weighted by Gasteiger charge is 2.23. The van der Waals surface area contributed by atoms with Crippen molar-refractivity contribution >= 4 is 101 Å². The van der Waals surface area contributed by atoms with Crippen LogP contribution in [0.5, 0.6) is 23.0 Å². The van der Waals surface area contributed by atoms with E-state index in [4.69, 9.17) is 9.47 Å². The minimum absolute atomic E-state index is 0.681. The average Bonchev–Trinajstić information content (AvgIpc) is 3.13. The smallest absolute Gasteiger partial charge is 0.131 e. The number of hydrogen-bond acceptors (Lipinski definition) is 6. The summed E-state index contributed by atoms with van der Waals surface area (Å²) in [6.07, 6.45) is 0. The Kier molecular flexibility index (Phi) is 13.9. The molecule has 6 nitrogen and oxygen atoms in total. The quantitative estimate of drug-likeness (QED) is 0.0897. The molecule has 0 bridgehead atoms.